The zero-order chi connectivity index (χ0) is 30.1. The van der Waals surface area contributed by atoms with Gasteiger partial charge in [-0.05, 0) is 91.9 Å². The van der Waals surface area contributed by atoms with Gasteiger partial charge in [0.15, 0.2) is 0 Å². The van der Waals surface area contributed by atoms with E-state index in [-0.39, 0.29) is 11.8 Å². The Morgan fingerprint density at radius 2 is 1.44 bits per heavy atom. The molecular formula is C37H37N3O2S. The minimum atomic E-state index is -0.00789. The summed E-state index contributed by atoms with van der Waals surface area (Å²) >= 11 is 1.51. The number of anilines is 2. The van der Waals surface area contributed by atoms with Gasteiger partial charge in [0.1, 0.15) is 0 Å². The molecule has 0 bridgehead atoms. The fraction of sp³-hybridized carbons (Fsp3) is 0.243. The highest BCUT2D eigenvalue weighted by Crippen LogP contribution is 2.43. The van der Waals surface area contributed by atoms with Gasteiger partial charge in [0.05, 0.1) is 17.1 Å². The first-order valence-electron chi connectivity index (χ1n) is 14.8. The van der Waals surface area contributed by atoms with Crippen molar-refractivity contribution in [2.24, 2.45) is 0 Å². The highest BCUT2D eigenvalue weighted by Gasteiger charge is 2.29. The lowest BCUT2D eigenvalue weighted by molar-refractivity contribution is -0.114. The summed E-state index contributed by atoms with van der Waals surface area (Å²) in [5, 5.41) is 0. The monoisotopic (exact) mass is 587 g/mol. The summed E-state index contributed by atoms with van der Waals surface area (Å²) in [6.45, 7) is 12.0. The molecule has 6 heteroatoms. The second kappa shape index (κ2) is 12.1. The van der Waals surface area contributed by atoms with Gasteiger partial charge in [-0.15, -0.1) is 0 Å². The van der Waals surface area contributed by atoms with Crippen LogP contribution in [0.4, 0.5) is 11.4 Å². The molecule has 218 valence electrons. The number of rotatable bonds is 5. The molecule has 2 aliphatic heterocycles. The Bertz CT molecular complexity index is 1720. The number of hydrogen-bond acceptors (Lipinski definition) is 4. The molecule has 2 heterocycles. The molecule has 0 saturated carbocycles. The van der Waals surface area contributed by atoms with Crippen molar-refractivity contribution in [3.05, 3.63) is 129 Å². The first-order chi connectivity index (χ1) is 20.8. The van der Waals surface area contributed by atoms with Crippen LogP contribution in [0.5, 0.6) is 0 Å². The zero-order valence-corrected chi connectivity index (χ0v) is 26.1. The summed E-state index contributed by atoms with van der Waals surface area (Å²) in [6.07, 6.45) is 1.94. The van der Waals surface area contributed by atoms with Crippen LogP contribution in [0.2, 0.25) is 0 Å². The van der Waals surface area contributed by atoms with Gasteiger partial charge in [0.25, 0.3) is 11.8 Å². The van der Waals surface area contributed by atoms with E-state index in [1.807, 2.05) is 58.3 Å². The summed E-state index contributed by atoms with van der Waals surface area (Å²) < 4.78 is 0. The van der Waals surface area contributed by atoms with Crippen molar-refractivity contribution in [2.75, 3.05) is 36.0 Å². The van der Waals surface area contributed by atoms with Gasteiger partial charge in [-0.3, -0.25) is 9.59 Å². The molecule has 0 unspecified atom stereocenters. The molecule has 5 nitrogen and oxygen atoms in total. The van der Waals surface area contributed by atoms with E-state index in [1.165, 1.54) is 39.7 Å². The molecule has 1 fully saturated rings. The van der Waals surface area contributed by atoms with E-state index in [9.17, 15) is 9.59 Å². The molecule has 4 aromatic carbocycles. The van der Waals surface area contributed by atoms with Gasteiger partial charge in [-0.2, -0.15) is 0 Å². The zero-order valence-electron chi connectivity index (χ0n) is 25.3. The number of hydrogen-bond donors (Lipinski definition) is 0. The summed E-state index contributed by atoms with van der Waals surface area (Å²) in [6, 6.07) is 28.6. The van der Waals surface area contributed by atoms with E-state index >= 15 is 0 Å². The third-order valence-corrected chi connectivity index (χ3v) is 9.47. The number of thioether (sulfide) groups is 1. The Morgan fingerprint density at radius 3 is 2.19 bits per heavy atom. The fourth-order valence-electron chi connectivity index (χ4n) is 5.83. The first-order valence-corrected chi connectivity index (χ1v) is 15.7. The Hall–Kier alpha value is -4.29. The van der Waals surface area contributed by atoms with E-state index in [0.29, 0.717) is 30.1 Å². The van der Waals surface area contributed by atoms with Crippen molar-refractivity contribution < 1.29 is 9.59 Å². The van der Waals surface area contributed by atoms with E-state index < -0.39 is 0 Å². The van der Waals surface area contributed by atoms with Crippen molar-refractivity contribution in [3.8, 4) is 0 Å². The normalized spacial score (nSPS) is 16.0. The minimum Gasteiger partial charge on any atom is -0.368 e. The van der Waals surface area contributed by atoms with Crippen LogP contribution >= 0.6 is 11.8 Å². The Kier molecular flexibility index (Phi) is 8.13. The number of para-hydroxylation sites is 1. The van der Waals surface area contributed by atoms with E-state index in [1.54, 1.807) is 0 Å². The van der Waals surface area contributed by atoms with E-state index in [4.69, 9.17) is 0 Å². The second-order valence-corrected chi connectivity index (χ2v) is 12.7. The standard InChI is InChI=1S/C37H37N3O2S/c1-25-9-11-27(3)31(21-25)24-40-32-7-5-6-8-34(32)43-35(37(40)42)23-29-13-15-30(16-14-29)36(41)39-19-17-38(18-20-39)33-22-26(2)10-12-28(33)4/h5-16,21-23H,17-20,24H2,1-4H3. The van der Waals surface area contributed by atoms with Gasteiger partial charge >= 0.3 is 0 Å². The molecular weight excluding hydrogens is 550 g/mol. The van der Waals surface area contributed by atoms with E-state index in [0.717, 1.165) is 34.8 Å². The number of aryl methyl sites for hydroxylation is 4. The average Bonchev–Trinajstić information content (AvgIpc) is 3.02. The lowest BCUT2D eigenvalue weighted by Crippen LogP contribution is -2.49. The van der Waals surface area contributed by atoms with Crippen LogP contribution in [0.3, 0.4) is 0 Å². The highest BCUT2D eigenvalue weighted by molar-refractivity contribution is 8.04. The molecule has 4 aromatic rings. The van der Waals surface area contributed by atoms with Gasteiger partial charge in [-0.1, -0.05) is 71.9 Å². The van der Waals surface area contributed by atoms with Crippen LogP contribution in [0.15, 0.2) is 94.7 Å². The maximum Gasteiger partial charge on any atom is 0.265 e. The van der Waals surface area contributed by atoms with Crippen molar-refractivity contribution in [1.29, 1.82) is 0 Å². The molecule has 6 rings (SSSR count). The number of amides is 2. The van der Waals surface area contributed by atoms with Crippen LogP contribution in [0.1, 0.15) is 43.7 Å². The molecule has 0 aliphatic carbocycles. The minimum absolute atomic E-state index is 0.00789. The van der Waals surface area contributed by atoms with Crippen LogP contribution in [-0.4, -0.2) is 42.9 Å². The lowest BCUT2D eigenvalue weighted by atomic mass is 10.0. The maximum atomic E-state index is 13.8. The Balaban J connectivity index is 1.17. The Labute approximate surface area is 258 Å². The molecule has 2 aliphatic rings. The molecule has 1 saturated heterocycles. The van der Waals surface area contributed by atoms with Gasteiger partial charge in [-0.25, -0.2) is 0 Å². The average molecular weight is 588 g/mol. The maximum absolute atomic E-state index is 13.8. The largest absolute Gasteiger partial charge is 0.368 e. The number of piperazine rings is 1. The number of benzene rings is 4. The van der Waals surface area contributed by atoms with E-state index in [2.05, 4.69) is 75.1 Å². The third-order valence-electron chi connectivity index (χ3n) is 8.39. The highest BCUT2D eigenvalue weighted by atomic mass is 32.2. The van der Waals surface area contributed by atoms with Crippen molar-refractivity contribution in [2.45, 2.75) is 39.1 Å². The van der Waals surface area contributed by atoms with Crippen molar-refractivity contribution in [3.63, 3.8) is 0 Å². The fourth-order valence-corrected chi connectivity index (χ4v) is 6.89. The van der Waals surface area contributed by atoms with Crippen LogP contribution in [-0.2, 0) is 11.3 Å². The Morgan fingerprint density at radius 1 is 0.767 bits per heavy atom. The molecule has 0 atom stereocenters. The predicted octanol–water partition coefficient (Wildman–Crippen LogP) is 7.56. The number of carbonyl (C=O) groups is 2. The topological polar surface area (TPSA) is 43.9 Å². The summed E-state index contributed by atoms with van der Waals surface area (Å²) in [5.41, 5.74) is 9.79. The SMILES string of the molecule is Cc1ccc(C)c(CN2C(=O)C(=Cc3ccc(C(=O)N4CCN(c5cc(C)ccc5C)CC4)cc3)Sc3ccccc32)c1. The quantitative estimate of drug-likeness (QED) is 0.226. The summed E-state index contributed by atoms with van der Waals surface area (Å²) in [4.78, 5) is 35.1. The van der Waals surface area contributed by atoms with Gasteiger partial charge in [0, 0.05) is 42.3 Å². The molecule has 0 N–H and O–H groups in total. The molecule has 0 spiro atoms. The molecule has 0 radical (unpaired) electrons. The molecule has 2 amide bonds. The number of nitrogens with zero attached hydrogens (tertiary/aromatic N) is 3. The summed E-state index contributed by atoms with van der Waals surface area (Å²) in [5.74, 6) is 0.0445. The first kappa shape index (κ1) is 28.8. The lowest BCUT2D eigenvalue weighted by Gasteiger charge is -2.37. The van der Waals surface area contributed by atoms with Gasteiger partial charge < -0.3 is 14.7 Å². The van der Waals surface area contributed by atoms with Crippen LogP contribution in [0, 0.1) is 27.7 Å². The van der Waals surface area contributed by atoms with Gasteiger partial charge in [0.2, 0.25) is 0 Å². The second-order valence-electron chi connectivity index (χ2n) is 11.6. The number of carbonyl (C=O) groups excluding carboxylic acids is 2. The predicted molar refractivity (Wildman–Crippen MR) is 178 cm³/mol. The van der Waals surface area contributed by atoms with Crippen LogP contribution in [0.25, 0.3) is 6.08 Å². The van der Waals surface area contributed by atoms with Crippen LogP contribution < -0.4 is 9.80 Å². The van der Waals surface area contributed by atoms with Crippen molar-refractivity contribution in [1.82, 2.24) is 4.90 Å². The smallest absolute Gasteiger partial charge is 0.265 e. The third kappa shape index (κ3) is 6.11. The molecule has 0 aromatic heterocycles. The number of fused-ring (bicyclic) bond motifs is 1. The molecule has 43 heavy (non-hydrogen) atoms. The van der Waals surface area contributed by atoms with Crippen molar-refractivity contribution >= 4 is 41.0 Å². The summed E-state index contributed by atoms with van der Waals surface area (Å²) in [7, 11) is 0.